The molecule has 1 aliphatic heterocycles. The van der Waals surface area contributed by atoms with Gasteiger partial charge in [-0.25, -0.2) is 9.07 Å². The van der Waals surface area contributed by atoms with Gasteiger partial charge in [-0.15, -0.1) is 5.10 Å². The van der Waals surface area contributed by atoms with Gasteiger partial charge in [0.2, 0.25) is 0 Å². The van der Waals surface area contributed by atoms with Gasteiger partial charge in [-0.05, 0) is 58.1 Å². The molecule has 6 rings (SSSR count). The molecule has 0 unspecified atom stereocenters. The smallest absolute Gasteiger partial charge is 0.253 e. The lowest BCUT2D eigenvalue weighted by molar-refractivity contribution is 0.200. The third kappa shape index (κ3) is 4.68. The zero-order valence-electron chi connectivity index (χ0n) is 21.1. The number of tetrazole rings is 1. The molecule has 1 aliphatic rings. The quantitative estimate of drug-likeness (QED) is 0.374. The Labute approximate surface area is 219 Å². The molecule has 38 heavy (non-hydrogen) atoms. The molecule has 0 aliphatic carbocycles. The van der Waals surface area contributed by atoms with Crippen LogP contribution in [0.25, 0.3) is 10.9 Å². The van der Waals surface area contributed by atoms with E-state index in [-0.39, 0.29) is 11.4 Å². The zero-order chi connectivity index (χ0) is 26.1. The molecule has 1 N–H and O–H groups in total. The minimum atomic E-state index is -0.467. The number of nitrogens with one attached hydrogen (secondary N) is 1. The maximum atomic E-state index is 14.5. The summed E-state index contributed by atoms with van der Waals surface area (Å²) < 4.78 is 16.2. The Morgan fingerprint density at radius 3 is 2.50 bits per heavy atom. The maximum absolute atomic E-state index is 14.5. The summed E-state index contributed by atoms with van der Waals surface area (Å²) in [5, 5.41) is 13.7. The third-order valence-electron chi connectivity index (χ3n) is 7.18. The molecule has 3 aromatic carbocycles. The molecule has 1 saturated heterocycles. The van der Waals surface area contributed by atoms with Gasteiger partial charge < -0.3 is 9.88 Å². The van der Waals surface area contributed by atoms with Crippen molar-refractivity contribution in [2.24, 2.45) is 0 Å². The number of aromatic amines is 1. The number of benzene rings is 3. The fourth-order valence-electron chi connectivity index (χ4n) is 5.24. The van der Waals surface area contributed by atoms with E-state index in [2.05, 4.69) is 25.4 Å². The van der Waals surface area contributed by atoms with E-state index in [0.29, 0.717) is 49.8 Å². The number of hydrogen-bond acceptors (Lipinski definition) is 6. The van der Waals surface area contributed by atoms with Crippen LogP contribution in [0.5, 0.6) is 0 Å². The number of anilines is 1. The molecule has 8 nitrogen and oxygen atoms in total. The molecule has 0 radical (unpaired) electrons. The Bertz CT molecular complexity index is 1620. The van der Waals surface area contributed by atoms with E-state index in [4.69, 9.17) is 0 Å². The molecule has 0 spiro atoms. The number of para-hydroxylation sites is 1. The standard InChI is InChI=1S/C29H28FN7O/c1-20-11-12-22-18-23(29(38)31-25(22)17-20)27(28-32-33-34-37(28)19-21-7-3-2-4-8-21)36-15-13-35(14-16-36)26-10-6-5-9-24(26)30/h2-12,17-18,27H,13-16,19H2,1H3,(H,31,38)/t27-/m1/s1. The van der Waals surface area contributed by atoms with Crippen LogP contribution in [0.1, 0.15) is 28.6 Å². The molecular formula is C29H28FN7O. The van der Waals surface area contributed by atoms with Crippen molar-refractivity contribution in [1.82, 2.24) is 30.1 Å². The summed E-state index contributed by atoms with van der Waals surface area (Å²) >= 11 is 0. The van der Waals surface area contributed by atoms with Gasteiger partial charge in [-0.2, -0.15) is 0 Å². The topological polar surface area (TPSA) is 82.9 Å². The average Bonchev–Trinajstić information content (AvgIpc) is 3.38. The summed E-state index contributed by atoms with van der Waals surface area (Å²) in [5.41, 5.74) is 3.95. The molecule has 0 bridgehead atoms. The van der Waals surface area contributed by atoms with Crippen molar-refractivity contribution in [3.05, 3.63) is 118 Å². The second-order valence-corrected chi connectivity index (χ2v) is 9.70. The molecule has 3 heterocycles. The van der Waals surface area contributed by atoms with Gasteiger partial charge in [-0.1, -0.05) is 54.6 Å². The van der Waals surface area contributed by atoms with Crippen molar-refractivity contribution in [2.75, 3.05) is 31.1 Å². The lowest BCUT2D eigenvalue weighted by atomic mass is 10.0. The zero-order valence-corrected chi connectivity index (χ0v) is 21.1. The first kappa shape index (κ1) is 24.0. The van der Waals surface area contributed by atoms with Crippen LogP contribution < -0.4 is 10.5 Å². The summed E-state index contributed by atoms with van der Waals surface area (Å²) in [5.74, 6) is 0.371. The van der Waals surface area contributed by atoms with Crippen molar-refractivity contribution >= 4 is 16.6 Å². The van der Waals surface area contributed by atoms with Gasteiger partial charge in [0.15, 0.2) is 5.82 Å². The number of piperazine rings is 1. The molecule has 1 fully saturated rings. The van der Waals surface area contributed by atoms with E-state index < -0.39 is 6.04 Å². The van der Waals surface area contributed by atoms with Crippen LogP contribution in [0.4, 0.5) is 10.1 Å². The van der Waals surface area contributed by atoms with Crippen LogP contribution in [0.3, 0.4) is 0 Å². The number of hydrogen-bond donors (Lipinski definition) is 1. The summed E-state index contributed by atoms with van der Waals surface area (Å²) in [6.07, 6.45) is 0. The third-order valence-corrected chi connectivity index (χ3v) is 7.18. The molecule has 1 atom stereocenters. The van der Waals surface area contributed by atoms with E-state index in [1.165, 1.54) is 6.07 Å². The van der Waals surface area contributed by atoms with Crippen LogP contribution in [0, 0.1) is 12.7 Å². The van der Waals surface area contributed by atoms with Crippen LogP contribution in [0.15, 0.2) is 83.7 Å². The normalized spacial score (nSPS) is 15.2. The van der Waals surface area contributed by atoms with Crippen molar-refractivity contribution in [3.63, 3.8) is 0 Å². The molecule has 0 saturated carbocycles. The van der Waals surface area contributed by atoms with E-state index >= 15 is 0 Å². The van der Waals surface area contributed by atoms with Gasteiger partial charge in [0.05, 0.1) is 12.2 Å². The van der Waals surface area contributed by atoms with Crippen molar-refractivity contribution in [3.8, 4) is 0 Å². The van der Waals surface area contributed by atoms with Crippen molar-refractivity contribution in [1.29, 1.82) is 0 Å². The molecule has 0 amide bonds. The highest BCUT2D eigenvalue weighted by Gasteiger charge is 2.33. The van der Waals surface area contributed by atoms with E-state index in [1.54, 1.807) is 16.8 Å². The average molecular weight is 510 g/mol. The number of H-pyrrole nitrogens is 1. The second kappa shape index (κ2) is 10.2. The van der Waals surface area contributed by atoms with Crippen molar-refractivity contribution < 1.29 is 4.39 Å². The highest BCUT2D eigenvalue weighted by Crippen LogP contribution is 2.30. The number of nitrogens with zero attached hydrogens (tertiary/aromatic N) is 6. The van der Waals surface area contributed by atoms with Gasteiger partial charge >= 0.3 is 0 Å². The first-order valence-electron chi connectivity index (χ1n) is 12.7. The minimum absolute atomic E-state index is 0.168. The minimum Gasteiger partial charge on any atom is -0.367 e. The summed E-state index contributed by atoms with van der Waals surface area (Å²) in [6, 6.07) is 24.3. The Morgan fingerprint density at radius 1 is 0.947 bits per heavy atom. The maximum Gasteiger partial charge on any atom is 0.253 e. The van der Waals surface area contributed by atoms with Gasteiger partial charge in [0, 0.05) is 37.3 Å². The number of aryl methyl sites for hydroxylation is 1. The van der Waals surface area contributed by atoms with Gasteiger partial charge in [-0.3, -0.25) is 9.69 Å². The largest absolute Gasteiger partial charge is 0.367 e. The number of rotatable bonds is 6. The fraction of sp³-hybridized carbons (Fsp3) is 0.241. The second-order valence-electron chi connectivity index (χ2n) is 9.70. The van der Waals surface area contributed by atoms with Crippen LogP contribution in [0.2, 0.25) is 0 Å². The number of halogens is 1. The van der Waals surface area contributed by atoms with E-state index in [0.717, 1.165) is 22.0 Å². The Hall–Kier alpha value is -4.37. The van der Waals surface area contributed by atoms with Crippen LogP contribution in [-0.2, 0) is 6.54 Å². The predicted molar refractivity (Wildman–Crippen MR) is 145 cm³/mol. The summed E-state index contributed by atoms with van der Waals surface area (Å²) in [7, 11) is 0. The molecule has 9 heteroatoms. The predicted octanol–water partition coefficient (Wildman–Crippen LogP) is 3.92. The first-order chi connectivity index (χ1) is 18.6. The van der Waals surface area contributed by atoms with Gasteiger partial charge in [0.25, 0.3) is 5.56 Å². The van der Waals surface area contributed by atoms with E-state index in [1.807, 2.05) is 72.5 Å². The Balaban J connectivity index is 1.39. The molecular weight excluding hydrogens is 481 g/mol. The lowest BCUT2D eigenvalue weighted by Crippen LogP contribution is -2.49. The molecule has 192 valence electrons. The fourth-order valence-corrected chi connectivity index (χ4v) is 5.24. The number of aromatic nitrogens is 5. The van der Waals surface area contributed by atoms with E-state index in [9.17, 15) is 9.18 Å². The Morgan fingerprint density at radius 2 is 1.71 bits per heavy atom. The highest BCUT2D eigenvalue weighted by molar-refractivity contribution is 5.79. The van der Waals surface area contributed by atoms with Gasteiger partial charge in [0.1, 0.15) is 11.9 Å². The molecule has 5 aromatic rings. The van der Waals surface area contributed by atoms with Crippen LogP contribution in [-0.4, -0.2) is 56.3 Å². The van der Waals surface area contributed by atoms with Crippen molar-refractivity contribution in [2.45, 2.75) is 19.5 Å². The summed E-state index contributed by atoms with van der Waals surface area (Å²) in [6.45, 7) is 4.94. The lowest BCUT2D eigenvalue weighted by Gasteiger charge is -2.39. The SMILES string of the molecule is Cc1ccc2cc([C@H](c3nnnn3Cc3ccccc3)N3CCN(c4ccccc4F)CC3)c(=O)[nH]c2c1. The molecule has 2 aromatic heterocycles. The number of fused-ring (bicyclic) bond motifs is 1. The first-order valence-corrected chi connectivity index (χ1v) is 12.7. The number of pyridine rings is 1. The van der Waals surface area contributed by atoms with Crippen LogP contribution >= 0.6 is 0 Å². The Kier molecular flexibility index (Phi) is 6.43. The monoisotopic (exact) mass is 509 g/mol. The highest BCUT2D eigenvalue weighted by atomic mass is 19.1. The summed E-state index contributed by atoms with van der Waals surface area (Å²) in [4.78, 5) is 20.8.